The number of aromatic carboxylic acids is 1. The number of nitrogens with zero attached hydrogens (tertiary/aromatic N) is 3. The van der Waals surface area contributed by atoms with Crippen molar-refractivity contribution in [2.24, 2.45) is 7.05 Å². The van der Waals surface area contributed by atoms with Crippen LogP contribution in [0.3, 0.4) is 0 Å². The van der Waals surface area contributed by atoms with Crippen molar-refractivity contribution < 1.29 is 14.4 Å². The van der Waals surface area contributed by atoms with E-state index in [9.17, 15) is 9.90 Å². The van der Waals surface area contributed by atoms with Crippen LogP contribution < -0.4 is 0 Å². The van der Waals surface area contributed by atoms with Crippen molar-refractivity contribution in [3.8, 4) is 22.8 Å². The summed E-state index contributed by atoms with van der Waals surface area (Å²) >= 11 is 0. The van der Waals surface area contributed by atoms with Crippen LogP contribution in [-0.4, -0.2) is 25.8 Å². The van der Waals surface area contributed by atoms with Crippen LogP contribution in [0.15, 0.2) is 34.9 Å². The zero-order chi connectivity index (χ0) is 15.9. The molecule has 0 saturated heterocycles. The second-order valence-electron chi connectivity index (χ2n) is 5.07. The number of carbonyl (C=O) groups is 1. The minimum Gasteiger partial charge on any atom is -0.478 e. The molecule has 0 aliphatic heterocycles. The lowest BCUT2D eigenvalue weighted by Gasteiger charge is -1.98. The third kappa shape index (κ3) is 2.09. The third-order valence-electron chi connectivity index (χ3n) is 3.87. The third-order valence-corrected chi connectivity index (χ3v) is 3.87. The lowest BCUT2D eigenvalue weighted by molar-refractivity contribution is 0.0696. The summed E-state index contributed by atoms with van der Waals surface area (Å²) in [5.41, 5.74) is 2.92. The van der Waals surface area contributed by atoms with E-state index in [1.165, 1.54) is 0 Å². The minimum atomic E-state index is -1.00. The molecule has 0 aliphatic carbocycles. The SMILES string of the molecule is Cc1c(C(=O)O)c(-c2nc(-c3ccccc3)no2)c(C)n1C. The number of benzene rings is 1. The quantitative estimate of drug-likeness (QED) is 0.803. The Balaban J connectivity index is 2.16. The van der Waals surface area contributed by atoms with Gasteiger partial charge in [0.05, 0.1) is 11.1 Å². The smallest absolute Gasteiger partial charge is 0.338 e. The predicted octanol–water partition coefficient (Wildman–Crippen LogP) is 3.06. The zero-order valence-corrected chi connectivity index (χ0v) is 12.5. The molecule has 0 spiro atoms. The van der Waals surface area contributed by atoms with E-state index in [4.69, 9.17) is 4.52 Å². The number of aromatic nitrogens is 3. The lowest BCUT2D eigenvalue weighted by atomic mass is 10.1. The molecule has 6 nitrogen and oxygen atoms in total. The molecule has 1 aromatic carbocycles. The van der Waals surface area contributed by atoms with Crippen molar-refractivity contribution in [3.63, 3.8) is 0 Å². The summed E-state index contributed by atoms with van der Waals surface area (Å²) in [6, 6.07) is 9.40. The summed E-state index contributed by atoms with van der Waals surface area (Å²) in [7, 11) is 1.81. The van der Waals surface area contributed by atoms with Gasteiger partial charge in [-0.25, -0.2) is 4.79 Å². The van der Waals surface area contributed by atoms with E-state index < -0.39 is 5.97 Å². The van der Waals surface area contributed by atoms with Crippen LogP contribution in [-0.2, 0) is 7.05 Å². The average molecular weight is 297 g/mol. The minimum absolute atomic E-state index is 0.197. The van der Waals surface area contributed by atoms with Crippen molar-refractivity contribution in [1.29, 1.82) is 0 Å². The van der Waals surface area contributed by atoms with E-state index in [0.29, 0.717) is 17.1 Å². The first-order valence-electron chi connectivity index (χ1n) is 6.79. The van der Waals surface area contributed by atoms with Gasteiger partial charge < -0.3 is 14.2 Å². The van der Waals surface area contributed by atoms with Crippen LogP contribution in [0, 0.1) is 13.8 Å². The average Bonchev–Trinajstić information content (AvgIpc) is 3.07. The molecule has 3 rings (SSSR count). The van der Waals surface area contributed by atoms with Crippen molar-refractivity contribution in [1.82, 2.24) is 14.7 Å². The van der Waals surface area contributed by atoms with Crippen LogP contribution in [0.1, 0.15) is 21.7 Å². The van der Waals surface area contributed by atoms with Crippen LogP contribution in [0.2, 0.25) is 0 Å². The Morgan fingerprint density at radius 3 is 2.50 bits per heavy atom. The number of hydrogen-bond acceptors (Lipinski definition) is 4. The highest BCUT2D eigenvalue weighted by Gasteiger charge is 2.26. The highest BCUT2D eigenvalue weighted by molar-refractivity contribution is 5.97. The molecule has 3 aromatic rings. The van der Waals surface area contributed by atoms with Crippen LogP contribution in [0.25, 0.3) is 22.8 Å². The first-order valence-corrected chi connectivity index (χ1v) is 6.79. The van der Waals surface area contributed by atoms with Gasteiger partial charge in [0.25, 0.3) is 5.89 Å². The molecule has 2 aromatic heterocycles. The Morgan fingerprint density at radius 1 is 1.18 bits per heavy atom. The van der Waals surface area contributed by atoms with Gasteiger partial charge in [0, 0.05) is 24.0 Å². The monoisotopic (exact) mass is 297 g/mol. The first-order chi connectivity index (χ1) is 10.5. The molecular formula is C16H15N3O3. The molecule has 0 atom stereocenters. The van der Waals surface area contributed by atoms with E-state index >= 15 is 0 Å². The van der Waals surface area contributed by atoms with E-state index in [-0.39, 0.29) is 11.5 Å². The zero-order valence-electron chi connectivity index (χ0n) is 12.5. The molecule has 0 unspecified atom stereocenters. The maximum absolute atomic E-state index is 11.6. The molecule has 0 saturated carbocycles. The molecule has 112 valence electrons. The topological polar surface area (TPSA) is 81.2 Å². The molecule has 6 heteroatoms. The fraction of sp³-hybridized carbons (Fsp3) is 0.188. The van der Waals surface area contributed by atoms with Gasteiger partial charge >= 0.3 is 5.97 Å². The molecule has 0 fully saturated rings. The standard InChI is InChI=1S/C16H15N3O3/c1-9-12(13(16(20)21)10(2)19(9)3)15-17-14(18-22-15)11-7-5-4-6-8-11/h4-8H,1-3H3,(H,20,21). The van der Waals surface area contributed by atoms with Gasteiger partial charge in [-0.05, 0) is 13.8 Å². The molecule has 1 N–H and O–H groups in total. The summed E-state index contributed by atoms with van der Waals surface area (Å²) in [5.74, 6) is -0.346. The van der Waals surface area contributed by atoms with E-state index in [1.54, 1.807) is 6.92 Å². The van der Waals surface area contributed by atoms with E-state index in [1.807, 2.05) is 48.9 Å². The fourth-order valence-electron chi connectivity index (χ4n) is 2.50. The molecular weight excluding hydrogens is 282 g/mol. The maximum atomic E-state index is 11.6. The number of rotatable bonds is 3. The van der Waals surface area contributed by atoms with Crippen LogP contribution in [0.5, 0.6) is 0 Å². The van der Waals surface area contributed by atoms with E-state index in [0.717, 1.165) is 11.3 Å². The van der Waals surface area contributed by atoms with Gasteiger partial charge in [-0.3, -0.25) is 0 Å². The summed E-state index contributed by atoms with van der Waals surface area (Å²) in [6.45, 7) is 3.59. The second kappa shape index (κ2) is 5.14. The van der Waals surface area contributed by atoms with Crippen LogP contribution >= 0.6 is 0 Å². The van der Waals surface area contributed by atoms with Gasteiger partial charge in [-0.2, -0.15) is 4.98 Å². The largest absolute Gasteiger partial charge is 0.478 e. The van der Waals surface area contributed by atoms with Crippen molar-refractivity contribution >= 4 is 5.97 Å². The Kier molecular flexibility index (Phi) is 3.29. The van der Waals surface area contributed by atoms with Gasteiger partial charge in [-0.1, -0.05) is 35.5 Å². The van der Waals surface area contributed by atoms with Crippen molar-refractivity contribution in [2.45, 2.75) is 13.8 Å². The van der Waals surface area contributed by atoms with Gasteiger partial charge in [-0.15, -0.1) is 0 Å². The summed E-state index contributed by atoms with van der Waals surface area (Å²) in [6.07, 6.45) is 0. The molecule has 0 aliphatic rings. The summed E-state index contributed by atoms with van der Waals surface area (Å²) < 4.78 is 7.12. The normalized spacial score (nSPS) is 10.9. The van der Waals surface area contributed by atoms with E-state index in [2.05, 4.69) is 10.1 Å². The molecule has 0 radical (unpaired) electrons. The molecule has 0 bridgehead atoms. The number of hydrogen-bond donors (Lipinski definition) is 1. The summed E-state index contributed by atoms with van der Waals surface area (Å²) in [5, 5.41) is 13.4. The second-order valence-corrected chi connectivity index (χ2v) is 5.07. The fourth-order valence-corrected chi connectivity index (χ4v) is 2.50. The van der Waals surface area contributed by atoms with Gasteiger partial charge in [0.1, 0.15) is 0 Å². The Morgan fingerprint density at radius 2 is 1.86 bits per heavy atom. The van der Waals surface area contributed by atoms with Crippen LogP contribution in [0.4, 0.5) is 0 Å². The number of carboxylic acid groups (broad SMARTS) is 1. The van der Waals surface area contributed by atoms with Crippen molar-refractivity contribution in [2.75, 3.05) is 0 Å². The Labute approximate surface area is 127 Å². The first kappa shape index (κ1) is 14.1. The molecule has 2 heterocycles. The Hall–Kier alpha value is -2.89. The molecule has 0 amide bonds. The number of carboxylic acids is 1. The predicted molar refractivity (Wildman–Crippen MR) is 80.6 cm³/mol. The van der Waals surface area contributed by atoms with Gasteiger partial charge in [0.15, 0.2) is 0 Å². The molecule has 22 heavy (non-hydrogen) atoms. The van der Waals surface area contributed by atoms with Crippen molar-refractivity contribution in [3.05, 3.63) is 47.3 Å². The highest BCUT2D eigenvalue weighted by Crippen LogP contribution is 2.31. The van der Waals surface area contributed by atoms with Gasteiger partial charge in [0.2, 0.25) is 5.82 Å². The highest BCUT2D eigenvalue weighted by atomic mass is 16.5. The summed E-state index contributed by atoms with van der Waals surface area (Å²) in [4.78, 5) is 15.9. The Bertz CT molecular complexity index is 847. The maximum Gasteiger partial charge on any atom is 0.338 e. The lowest BCUT2D eigenvalue weighted by Crippen LogP contribution is -2.00.